The Morgan fingerprint density at radius 2 is 2.15 bits per heavy atom. The molecule has 1 aromatic heterocycles. The second-order valence-corrected chi connectivity index (χ2v) is 5.93. The summed E-state index contributed by atoms with van der Waals surface area (Å²) in [6.07, 6.45) is 6.57. The quantitative estimate of drug-likeness (QED) is 0.349. The molecule has 0 spiro atoms. The SMILES string of the molecule is CN=C(NCc1csc(C(C)C)n1)NC1CC=CC1.I. The number of aromatic nitrogens is 1. The Labute approximate surface area is 142 Å². The number of thiazole rings is 1. The topological polar surface area (TPSA) is 49.3 Å². The van der Waals surface area contributed by atoms with Gasteiger partial charge in [-0.2, -0.15) is 0 Å². The van der Waals surface area contributed by atoms with Crippen LogP contribution in [0.25, 0.3) is 0 Å². The maximum Gasteiger partial charge on any atom is 0.191 e. The summed E-state index contributed by atoms with van der Waals surface area (Å²) < 4.78 is 0. The van der Waals surface area contributed by atoms with Gasteiger partial charge in [0.25, 0.3) is 0 Å². The maximum atomic E-state index is 4.61. The minimum atomic E-state index is 0. The molecule has 1 aromatic rings. The van der Waals surface area contributed by atoms with Crippen LogP contribution in [-0.2, 0) is 6.54 Å². The molecule has 0 bridgehead atoms. The molecule has 1 heterocycles. The summed E-state index contributed by atoms with van der Waals surface area (Å²) in [5.41, 5.74) is 1.08. The number of guanidine groups is 1. The second kappa shape index (κ2) is 8.61. The van der Waals surface area contributed by atoms with Gasteiger partial charge in [0.05, 0.1) is 17.2 Å². The first-order valence-electron chi connectivity index (χ1n) is 6.75. The molecule has 2 N–H and O–H groups in total. The summed E-state index contributed by atoms with van der Waals surface area (Å²) in [5, 5.41) is 10.0. The van der Waals surface area contributed by atoms with E-state index in [0.29, 0.717) is 12.0 Å². The highest BCUT2D eigenvalue weighted by molar-refractivity contribution is 14.0. The highest BCUT2D eigenvalue weighted by atomic mass is 127. The molecule has 0 saturated heterocycles. The molecule has 0 unspecified atom stereocenters. The number of hydrogen-bond acceptors (Lipinski definition) is 3. The molecule has 0 amide bonds. The van der Waals surface area contributed by atoms with Crippen LogP contribution < -0.4 is 10.6 Å². The van der Waals surface area contributed by atoms with Crippen molar-refractivity contribution in [3.05, 3.63) is 28.2 Å². The van der Waals surface area contributed by atoms with E-state index in [0.717, 1.165) is 31.0 Å². The van der Waals surface area contributed by atoms with E-state index in [4.69, 9.17) is 0 Å². The van der Waals surface area contributed by atoms with Crippen LogP contribution in [0.5, 0.6) is 0 Å². The zero-order valence-electron chi connectivity index (χ0n) is 12.2. The number of aliphatic imine (C=N–C) groups is 1. The lowest BCUT2D eigenvalue weighted by molar-refractivity contribution is 0.631. The molecule has 0 aliphatic heterocycles. The minimum absolute atomic E-state index is 0. The third-order valence-electron chi connectivity index (χ3n) is 3.07. The lowest BCUT2D eigenvalue weighted by Gasteiger charge is -2.16. The standard InChI is InChI=1S/C14H22N4S.HI/c1-10(2)13-17-12(9-19-13)8-16-14(15-3)18-11-6-4-5-7-11;/h4-5,9-11H,6-8H2,1-3H3,(H2,15,16,18);1H. The van der Waals surface area contributed by atoms with Gasteiger partial charge in [0.15, 0.2) is 5.96 Å². The Kier molecular flexibility index (Phi) is 7.50. The third kappa shape index (κ3) is 5.05. The number of halogens is 1. The third-order valence-corrected chi connectivity index (χ3v) is 4.27. The smallest absolute Gasteiger partial charge is 0.191 e. The molecule has 0 atom stereocenters. The van der Waals surface area contributed by atoms with Crippen molar-refractivity contribution in [2.24, 2.45) is 4.99 Å². The molecule has 2 rings (SSSR count). The highest BCUT2D eigenvalue weighted by Gasteiger charge is 2.12. The van der Waals surface area contributed by atoms with Gasteiger partial charge in [-0.25, -0.2) is 4.98 Å². The van der Waals surface area contributed by atoms with Gasteiger partial charge in [-0.05, 0) is 12.8 Å². The fourth-order valence-corrected chi connectivity index (χ4v) is 2.80. The van der Waals surface area contributed by atoms with E-state index < -0.39 is 0 Å². The number of hydrogen-bond donors (Lipinski definition) is 2. The average molecular weight is 406 g/mol. The van der Waals surface area contributed by atoms with E-state index in [-0.39, 0.29) is 24.0 Å². The molecular formula is C14H23IN4S. The number of rotatable bonds is 4. The van der Waals surface area contributed by atoms with Crippen molar-refractivity contribution in [1.82, 2.24) is 15.6 Å². The zero-order valence-corrected chi connectivity index (χ0v) is 15.4. The van der Waals surface area contributed by atoms with E-state index in [1.54, 1.807) is 18.4 Å². The van der Waals surface area contributed by atoms with Crippen LogP contribution in [0.2, 0.25) is 0 Å². The van der Waals surface area contributed by atoms with Crippen LogP contribution in [0.1, 0.15) is 43.3 Å². The number of nitrogens with zero attached hydrogens (tertiary/aromatic N) is 2. The van der Waals surface area contributed by atoms with Crippen molar-refractivity contribution < 1.29 is 0 Å². The molecule has 4 nitrogen and oxygen atoms in total. The summed E-state index contributed by atoms with van der Waals surface area (Å²) >= 11 is 1.73. The normalized spacial score (nSPS) is 15.5. The van der Waals surface area contributed by atoms with E-state index >= 15 is 0 Å². The Bertz CT molecular complexity index is 459. The monoisotopic (exact) mass is 406 g/mol. The van der Waals surface area contributed by atoms with Gasteiger partial charge in [-0.1, -0.05) is 26.0 Å². The van der Waals surface area contributed by atoms with E-state index in [1.165, 1.54) is 5.01 Å². The van der Waals surface area contributed by atoms with E-state index in [1.807, 2.05) is 0 Å². The van der Waals surface area contributed by atoms with Gasteiger partial charge in [0.2, 0.25) is 0 Å². The van der Waals surface area contributed by atoms with Crippen LogP contribution >= 0.6 is 35.3 Å². The summed E-state index contributed by atoms with van der Waals surface area (Å²) in [5.74, 6) is 1.36. The van der Waals surface area contributed by atoms with Crippen LogP contribution in [0.3, 0.4) is 0 Å². The molecule has 0 fully saturated rings. The molecule has 1 aliphatic carbocycles. The van der Waals surface area contributed by atoms with Crippen LogP contribution in [0.15, 0.2) is 22.5 Å². The Balaban J connectivity index is 0.00000200. The summed E-state index contributed by atoms with van der Waals surface area (Å²) in [6.45, 7) is 5.07. The predicted molar refractivity (Wildman–Crippen MR) is 97.1 cm³/mol. The Morgan fingerprint density at radius 3 is 2.70 bits per heavy atom. The van der Waals surface area contributed by atoms with Gasteiger partial charge in [-0.3, -0.25) is 4.99 Å². The van der Waals surface area contributed by atoms with Gasteiger partial charge in [0.1, 0.15) is 0 Å². The average Bonchev–Trinajstić information content (AvgIpc) is 3.05. The predicted octanol–water partition coefficient (Wildman–Crippen LogP) is 3.27. The second-order valence-electron chi connectivity index (χ2n) is 5.04. The lowest BCUT2D eigenvalue weighted by Crippen LogP contribution is -2.42. The van der Waals surface area contributed by atoms with E-state index in [9.17, 15) is 0 Å². The van der Waals surface area contributed by atoms with Crippen molar-refractivity contribution >= 4 is 41.3 Å². The maximum absolute atomic E-state index is 4.61. The van der Waals surface area contributed by atoms with Crippen molar-refractivity contribution in [1.29, 1.82) is 0 Å². The molecular weight excluding hydrogens is 383 g/mol. The summed E-state index contributed by atoms with van der Waals surface area (Å²) in [6, 6.07) is 0.479. The first-order valence-corrected chi connectivity index (χ1v) is 7.63. The van der Waals surface area contributed by atoms with Crippen molar-refractivity contribution in [2.45, 2.75) is 45.2 Å². The Hall–Kier alpha value is -0.630. The van der Waals surface area contributed by atoms with Crippen molar-refractivity contribution in [3.8, 4) is 0 Å². The largest absolute Gasteiger partial charge is 0.353 e. The van der Waals surface area contributed by atoms with Gasteiger partial charge < -0.3 is 10.6 Å². The molecule has 112 valence electrons. The van der Waals surface area contributed by atoms with E-state index in [2.05, 4.69) is 52.0 Å². The zero-order chi connectivity index (χ0) is 13.7. The molecule has 0 saturated carbocycles. The lowest BCUT2D eigenvalue weighted by atomic mass is 10.2. The Morgan fingerprint density at radius 1 is 1.45 bits per heavy atom. The van der Waals surface area contributed by atoms with Gasteiger partial charge in [-0.15, -0.1) is 35.3 Å². The fraction of sp³-hybridized carbons (Fsp3) is 0.571. The van der Waals surface area contributed by atoms with Gasteiger partial charge in [0, 0.05) is 24.4 Å². The minimum Gasteiger partial charge on any atom is -0.353 e. The molecule has 1 aliphatic rings. The fourth-order valence-electron chi connectivity index (χ4n) is 1.97. The van der Waals surface area contributed by atoms with Crippen LogP contribution in [-0.4, -0.2) is 24.0 Å². The summed E-state index contributed by atoms with van der Waals surface area (Å²) in [4.78, 5) is 8.86. The van der Waals surface area contributed by atoms with Crippen molar-refractivity contribution in [3.63, 3.8) is 0 Å². The highest BCUT2D eigenvalue weighted by Crippen LogP contribution is 2.18. The molecule has 0 aromatic carbocycles. The van der Waals surface area contributed by atoms with Gasteiger partial charge >= 0.3 is 0 Å². The molecule has 20 heavy (non-hydrogen) atoms. The molecule has 0 radical (unpaired) electrons. The number of nitrogens with one attached hydrogen (secondary N) is 2. The summed E-state index contributed by atoms with van der Waals surface area (Å²) in [7, 11) is 1.80. The molecule has 6 heteroatoms. The first-order chi connectivity index (χ1) is 9.19. The van der Waals surface area contributed by atoms with Crippen LogP contribution in [0.4, 0.5) is 0 Å². The first kappa shape index (κ1) is 17.4. The van der Waals surface area contributed by atoms with Crippen molar-refractivity contribution in [2.75, 3.05) is 7.05 Å². The van der Waals surface area contributed by atoms with Crippen LogP contribution in [0, 0.1) is 0 Å².